The number of rotatable bonds is 58. The van der Waals surface area contributed by atoms with Gasteiger partial charge in [-0.2, -0.15) is 0 Å². The molecule has 632 valence electrons. The van der Waals surface area contributed by atoms with Gasteiger partial charge in [0.2, 0.25) is 35.4 Å². The lowest BCUT2D eigenvalue weighted by Crippen LogP contribution is -2.55. The number of carbonyl (C=O) groups excluding carboxylic acids is 15. The number of ether oxygens (including phenoxy) is 13. The Balaban J connectivity index is 6.95. The van der Waals surface area contributed by atoms with Crippen LogP contribution in [0.4, 0.5) is 0 Å². The fourth-order valence-corrected chi connectivity index (χ4v) is 9.29. The van der Waals surface area contributed by atoms with E-state index in [1.165, 1.54) is 0 Å². The van der Waals surface area contributed by atoms with E-state index in [2.05, 4.69) is 31.9 Å². The third-order valence-electron chi connectivity index (χ3n) is 16.2. The highest BCUT2D eigenvalue weighted by atomic mass is 16.6. The van der Waals surface area contributed by atoms with Gasteiger partial charge in [-0.3, -0.25) is 71.9 Å². The van der Waals surface area contributed by atoms with Crippen molar-refractivity contribution in [1.29, 1.82) is 0 Å². The van der Waals surface area contributed by atoms with Gasteiger partial charge in [-0.25, -0.2) is 0 Å². The van der Waals surface area contributed by atoms with E-state index in [0.29, 0.717) is 0 Å². The van der Waals surface area contributed by atoms with E-state index in [-0.39, 0.29) is 71.6 Å². The largest absolute Gasteiger partial charge is 0.465 e. The van der Waals surface area contributed by atoms with Crippen molar-refractivity contribution >= 4 is 89.2 Å². The van der Waals surface area contributed by atoms with Gasteiger partial charge in [-0.05, 0) is 27.2 Å². The highest BCUT2D eigenvalue weighted by Crippen LogP contribution is 2.32. The molecule has 0 rings (SSSR count). The monoisotopic (exact) mass is 1570 g/mol. The van der Waals surface area contributed by atoms with Gasteiger partial charge in [0, 0.05) is 70.6 Å². The molecule has 0 atom stereocenters. The van der Waals surface area contributed by atoms with Crippen LogP contribution in [0.15, 0.2) is 0 Å². The van der Waals surface area contributed by atoms with Gasteiger partial charge in [0.05, 0.1) is 94.9 Å². The maximum atomic E-state index is 13.8. The molecule has 0 radical (unpaired) electrons. The summed E-state index contributed by atoms with van der Waals surface area (Å²) in [5.41, 5.74) is -6.61. The first-order valence-corrected chi connectivity index (χ1v) is 37.7. The highest BCUT2D eigenvalue weighted by Gasteiger charge is 2.43. The molecule has 0 bridgehead atoms. The molecule has 0 saturated carbocycles. The molecule has 0 heterocycles. The fourth-order valence-electron chi connectivity index (χ4n) is 9.29. The summed E-state index contributed by atoms with van der Waals surface area (Å²) >= 11 is 0. The van der Waals surface area contributed by atoms with Gasteiger partial charge in [0.1, 0.15) is 79.3 Å². The molecule has 0 aliphatic rings. The maximum absolute atomic E-state index is 13.8. The van der Waals surface area contributed by atoms with Crippen LogP contribution in [0, 0.1) is 74.9 Å². The standard InChI is InChI=1S/C76H130N6O28/c1-22-110-72(20,21)32-73(33-80-57(83)23-26-77-60(86)29-98-36-74(39-101-63(89)48(2)3,40-102-64(90)49(4)5)41-103-65(91)50(6)7,34-81-58(84)24-27-78-61(87)30-99-37-75(42-104-66(92)51(8)9,43-105-67(93)52(10)11)44-106-68(94)53(12)13)35-82-59(85)25-28-79-62(88)31-100-38-76(45-107-69(95)54(14)15,46-108-70(96)55(16)17)47-109-71(97)56(18)19/h48-56H,22-47H2,1-21H3,(H,77,86)(H,78,87)(H,79,88)(H,80,83)(H,81,84)(H,82,85). The second kappa shape index (κ2) is 52.2. The van der Waals surface area contributed by atoms with Crippen molar-refractivity contribution < 1.29 is 133 Å². The number of hydrogen-bond acceptors (Lipinski definition) is 28. The Morgan fingerprint density at radius 1 is 0.255 bits per heavy atom. The summed E-state index contributed by atoms with van der Waals surface area (Å²) in [6.45, 7) is 26.4. The number of esters is 9. The van der Waals surface area contributed by atoms with Crippen molar-refractivity contribution in [2.24, 2.45) is 74.9 Å². The molecule has 0 aliphatic heterocycles. The molecule has 0 aliphatic carbocycles. The lowest BCUT2D eigenvalue weighted by atomic mass is 9.77. The zero-order valence-electron chi connectivity index (χ0n) is 69.0. The summed E-state index contributed by atoms with van der Waals surface area (Å²) in [5, 5.41) is 16.4. The molecule has 0 aromatic carbocycles. The average Bonchev–Trinajstić information content (AvgIpc) is 0.571. The van der Waals surface area contributed by atoms with E-state index in [1.54, 1.807) is 145 Å². The van der Waals surface area contributed by atoms with Gasteiger partial charge in [0.25, 0.3) is 0 Å². The first-order chi connectivity index (χ1) is 51.2. The highest BCUT2D eigenvalue weighted by molar-refractivity contribution is 5.82. The van der Waals surface area contributed by atoms with E-state index < -0.39 is 269 Å². The SMILES string of the molecule is CCOC(C)(C)CC(CNC(=O)CCNC(=O)COCC(COC(=O)C(C)C)(COC(=O)C(C)C)COC(=O)C(C)C)(CNC(=O)CCNC(=O)COCC(COC(=O)C(C)C)(COC(=O)C(C)C)COC(=O)C(C)C)CNC(=O)CCNC(=O)COCC(COC(=O)C(C)C)(COC(=O)C(C)C)COC(=O)C(C)C. The summed E-state index contributed by atoms with van der Waals surface area (Å²) in [5.74, 6) is -14.1. The van der Waals surface area contributed by atoms with Crippen LogP contribution in [-0.4, -0.2) is 240 Å². The van der Waals surface area contributed by atoms with E-state index in [9.17, 15) is 71.9 Å². The Labute approximate surface area is 648 Å². The van der Waals surface area contributed by atoms with E-state index in [4.69, 9.17) is 61.6 Å². The van der Waals surface area contributed by atoms with Crippen LogP contribution in [0.3, 0.4) is 0 Å². The van der Waals surface area contributed by atoms with Crippen LogP contribution in [0.2, 0.25) is 0 Å². The van der Waals surface area contributed by atoms with Crippen LogP contribution in [-0.2, 0) is 133 Å². The predicted octanol–water partition coefficient (Wildman–Crippen LogP) is 3.85. The van der Waals surface area contributed by atoms with Crippen molar-refractivity contribution in [3.05, 3.63) is 0 Å². The minimum Gasteiger partial charge on any atom is -0.465 e. The Bertz CT molecular complexity index is 2480. The minimum atomic E-state index is -1.44. The fraction of sp³-hybridized carbons (Fsp3) is 0.803. The molecule has 0 aromatic heterocycles. The molecule has 34 nitrogen and oxygen atoms in total. The van der Waals surface area contributed by atoms with Crippen molar-refractivity contribution in [3.63, 3.8) is 0 Å². The van der Waals surface area contributed by atoms with Crippen LogP contribution in [0.25, 0.3) is 0 Å². The van der Waals surface area contributed by atoms with Gasteiger partial charge >= 0.3 is 53.7 Å². The average molecular weight is 1580 g/mol. The number of carbonyl (C=O) groups is 15. The van der Waals surface area contributed by atoms with E-state index in [1.807, 2.05) is 0 Å². The first kappa shape index (κ1) is 102. The Morgan fingerprint density at radius 3 is 0.600 bits per heavy atom. The number of hydrogen-bond donors (Lipinski definition) is 6. The third-order valence-corrected chi connectivity index (χ3v) is 16.2. The number of amides is 6. The second-order valence-electron chi connectivity index (χ2n) is 31.3. The Hall–Kier alpha value is -8.11. The Kier molecular flexibility index (Phi) is 48.3. The molecule has 0 aromatic rings. The van der Waals surface area contributed by atoms with E-state index in [0.717, 1.165) is 0 Å². The van der Waals surface area contributed by atoms with Gasteiger partial charge in [0.15, 0.2) is 0 Å². The smallest absolute Gasteiger partial charge is 0.308 e. The maximum Gasteiger partial charge on any atom is 0.308 e. The van der Waals surface area contributed by atoms with Crippen molar-refractivity contribution in [3.8, 4) is 0 Å². The van der Waals surface area contributed by atoms with E-state index >= 15 is 0 Å². The second-order valence-corrected chi connectivity index (χ2v) is 31.3. The summed E-state index contributed by atoms with van der Waals surface area (Å²) in [7, 11) is 0. The zero-order valence-corrected chi connectivity index (χ0v) is 69.0. The number of nitrogens with one attached hydrogen (secondary N) is 6. The molecule has 0 saturated heterocycles. The zero-order chi connectivity index (χ0) is 84.2. The summed E-state index contributed by atoms with van der Waals surface area (Å²) in [6, 6.07) is 0. The molecule has 0 fully saturated rings. The molecule has 110 heavy (non-hydrogen) atoms. The van der Waals surface area contributed by atoms with Gasteiger partial charge < -0.3 is 93.5 Å². The minimum absolute atomic E-state index is 0.0629. The molecule has 34 heteroatoms. The van der Waals surface area contributed by atoms with Gasteiger partial charge in [-0.1, -0.05) is 125 Å². The topological polar surface area (TPSA) is 448 Å². The summed E-state index contributed by atoms with van der Waals surface area (Å²) < 4.78 is 73.2. The normalized spacial score (nSPS) is 12.1. The van der Waals surface area contributed by atoms with Crippen molar-refractivity contribution in [1.82, 2.24) is 31.9 Å². The molecule has 6 N–H and O–H groups in total. The lowest BCUT2D eigenvalue weighted by molar-refractivity contribution is -0.174. The van der Waals surface area contributed by atoms with Crippen LogP contribution >= 0.6 is 0 Å². The summed E-state index contributed by atoms with van der Waals surface area (Å²) in [6.07, 6.45) is -0.850. The van der Waals surface area contributed by atoms with Crippen LogP contribution in [0.1, 0.15) is 171 Å². The molecular formula is C76H130N6O28. The predicted molar refractivity (Wildman–Crippen MR) is 397 cm³/mol. The molecular weight excluding hydrogens is 1440 g/mol. The Morgan fingerprint density at radius 2 is 0.436 bits per heavy atom. The quantitative estimate of drug-likeness (QED) is 0.0372. The molecule has 0 spiro atoms. The third kappa shape index (κ3) is 44.1. The van der Waals surface area contributed by atoms with Crippen LogP contribution in [0.5, 0.6) is 0 Å². The van der Waals surface area contributed by atoms with Crippen molar-refractivity contribution in [2.45, 2.75) is 177 Å². The van der Waals surface area contributed by atoms with Gasteiger partial charge in [-0.15, -0.1) is 0 Å². The molecule has 0 unspecified atom stereocenters. The van der Waals surface area contributed by atoms with Crippen molar-refractivity contribution in [2.75, 3.05) is 145 Å². The van der Waals surface area contributed by atoms with Crippen LogP contribution < -0.4 is 31.9 Å². The molecule has 6 amide bonds. The lowest BCUT2D eigenvalue weighted by Gasteiger charge is -2.40. The summed E-state index contributed by atoms with van der Waals surface area (Å²) in [4.78, 5) is 195. The first-order valence-electron chi connectivity index (χ1n) is 37.7.